The molecule has 1 aromatic heterocycles. The number of anilines is 4. The lowest BCUT2D eigenvalue weighted by Crippen LogP contribution is -2.06. The molecule has 0 fully saturated rings. The predicted octanol–water partition coefficient (Wildman–Crippen LogP) is 5.74. The van der Waals surface area contributed by atoms with Gasteiger partial charge in [-0.05, 0) is 42.8 Å². The summed E-state index contributed by atoms with van der Waals surface area (Å²) in [5.41, 5.74) is 1.01. The van der Waals surface area contributed by atoms with Crippen molar-refractivity contribution < 1.29 is 9.31 Å². The topological polar surface area (TPSA) is 93.0 Å². The van der Waals surface area contributed by atoms with Crippen molar-refractivity contribution in [1.29, 1.82) is 0 Å². The maximum absolute atomic E-state index is 14.1. The first-order valence-electron chi connectivity index (χ1n) is 7.60. The Kier molecular flexibility index (Phi) is 5.52. The van der Waals surface area contributed by atoms with Crippen LogP contribution in [-0.2, 0) is 0 Å². The molecule has 2 aromatic carbocycles. The van der Waals surface area contributed by atoms with Gasteiger partial charge < -0.3 is 10.6 Å². The van der Waals surface area contributed by atoms with Crippen LogP contribution in [0.3, 0.4) is 0 Å². The van der Waals surface area contributed by atoms with Crippen LogP contribution >= 0.6 is 27.5 Å². The molecule has 2 N–H and O–H groups in total. The van der Waals surface area contributed by atoms with Gasteiger partial charge in [0.2, 0.25) is 11.6 Å². The van der Waals surface area contributed by atoms with Gasteiger partial charge in [0, 0.05) is 15.2 Å². The van der Waals surface area contributed by atoms with Gasteiger partial charge in [-0.25, -0.2) is 14.4 Å². The molecular formula is C17H12BrClFN5O2. The highest BCUT2D eigenvalue weighted by atomic mass is 79.9. The standard InChI is InChI=1S/C17H12BrClFN5O2/c1-9-2-4-11(19)7-14(9)24-17-15(25(26)27)16(21-8-22-17)23-13-5-3-10(18)6-12(13)20/h2-8H,1H3,(H2,21,22,23,24). The molecule has 10 heteroatoms. The van der Waals surface area contributed by atoms with Crippen LogP contribution in [0, 0.1) is 22.9 Å². The predicted molar refractivity (Wildman–Crippen MR) is 106 cm³/mol. The van der Waals surface area contributed by atoms with Crippen LogP contribution < -0.4 is 10.6 Å². The number of aryl methyl sites for hydroxylation is 1. The van der Waals surface area contributed by atoms with E-state index in [1.165, 1.54) is 12.1 Å². The van der Waals surface area contributed by atoms with Crippen LogP contribution in [0.1, 0.15) is 5.56 Å². The van der Waals surface area contributed by atoms with Crippen molar-refractivity contribution in [2.45, 2.75) is 6.92 Å². The number of halogens is 3. The minimum atomic E-state index is -0.638. The lowest BCUT2D eigenvalue weighted by atomic mass is 10.2. The van der Waals surface area contributed by atoms with Crippen LogP contribution in [0.5, 0.6) is 0 Å². The first kappa shape index (κ1) is 19.0. The molecule has 27 heavy (non-hydrogen) atoms. The van der Waals surface area contributed by atoms with E-state index in [4.69, 9.17) is 11.6 Å². The monoisotopic (exact) mass is 451 g/mol. The molecule has 0 aliphatic carbocycles. The third-order valence-electron chi connectivity index (χ3n) is 3.64. The number of hydrogen-bond donors (Lipinski definition) is 2. The summed E-state index contributed by atoms with van der Waals surface area (Å²) in [6, 6.07) is 9.40. The minimum Gasteiger partial charge on any atom is -0.334 e. The summed E-state index contributed by atoms with van der Waals surface area (Å²) in [6.45, 7) is 1.82. The van der Waals surface area contributed by atoms with Crippen LogP contribution in [0.2, 0.25) is 5.02 Å². The normalized spacial score (nSPS) is 10.5. The Hall–Kier alpha value is -2.78. The van der Waals surface area contributed by atoms with E-state index in [1.54, 1.807) is 24.3 Å². The zero-order valence-corrected chi connectivity index (χ0v) is 16.2. The number of benzene rings is 2. The highest BCUT2D eigenvalue weighted by molar-refractivity contribution is 9.10. The third-order valence-corrected chi connectivity index (χ3v) is 4.37. The maximum atomic E-state index is 14.1. The Labute approximate surface area is 166 Å². The van der Waals surface area contributed by atoms with Gasteiger partial charge in [0.25, 0.3) is 0 Å². The van der Waals surface area contributed by atoms with Gasteiger partial charge in [0.05, 0.1) is 10.6 Å². The molecule has 0 aliphatic rings. The summed E-state index contributed by atoms with van der Waals surface area (Å²) >= 11 is 9.15. The van der Waals surface area contributed by atoms with Crippen LogP contribution in [-0.4, -0.2) is 14.9 Å². The smallest absolute Gasteiger partial charge is 0.334 e. The molecule has 1 heterocycles. The Morgan fingerprint density at radius 2 is 1.78 bits per heavy atom. The van der Waals surface area contributed by atoms with Crippen LogP contribution in [0.4, 0.5) is 33.1 Å². The van der Waals surface area contributed by atoms with Crippen molar-refractivity contribution in [1.82, 2.24) is 9.97 Å². The quantitative estimate of drug-likeness (QED) is 0.379. The Morgan fingerprint density at radius 3 is 2.41 bits per heavy atom. The Morgan fingerprint density at radius 1 is 1.11 bits per heavy atom. The molecule has 0 aliphatic heterocycles. The second-order valence-corrected chi connectivity index (χ2v) is 6.86. The SMILES string of the molecule is Cc1ccc(Cl)cc1Nc1ncnc(Nc2ccc(Br)cc2F)c1[N+](=O)[O-]. The average Bonchev–Trinajstić information content (AvgIpc) is 2.60. The Balaban J connectivity index is 2.02. The van der Waals surface area contributed by atoms with Crippen molar-refractivity contribution >= 4 is 56.2 Å². The molecule has 0 unspecified atom stereocenters. The minimum absolute atomic E-state index is 0.0413. The number of nitrogens with zero attached hydrogens (tertiary/aromatic N) is 3. The molecule has 0 amide bonds. The summed E-state index contributed by atoms with van der Waals surface area (Å²) < 4.78 is 14.6. The number of hydrogen-bond acceptors (Lipinski definition) is 6. The molecule has 0 saturated heterocycles. The molecule has 3 rings (SSSR count). The summed E-state index contributed by atoms with van der Waals surface area (Å²) in [7, 11) is 0. The molecule has 0 spiro atoms. The molecule has 7 nitrogen and oxygen atoms in total. The van der Waals surface area contributed by atoms with Gasteiger partial charge in [-0.3, -0.25) is 10.1 Å². The molecule has 3 aromatic rings. The molecule has 0 atom stereocenters. The van der Waals surface area contributed by atoms with E-state index in [0.717, 1.165) is 11.9 Å². The number of rotatable bonds is 5. The summed E-state index contributed by atoms with van der Waals surface area (Å²) in [6.07, 6.45) is 1.15. The zero-order chi connectivity index (χ0) is 19.6. The highest BCUT2D eigenvalue weighted by Gasteiger charge is 2.24. The number of aromatic nitrogens is 2. The number of nitrogens with one attached hydrogen (secondary N) is 2. The van der Waals surface area contributed by atoms with E-state index in [2.05, 4.69) is 36.5 Å². The van der Waals surface area contributed by atoms with E-state index >= 15 is 0 Å². The van der Waals surface area contributed by atoms with E-state index in [1.807, 2.05) is 6.92 Å². The fourth-order valence-corrected chi connectivity index (χ4v) is 2.81. The summed E-state index contributed by atoms with van der Waals surface area (Å²) in [4.78, 5) is 18.8. The van der Waals surface area contributed by atoms with Gasteiger partial charge in [-0.2, -0.15) is 0 Å². The van der Waals surface area contributed by atoms with Crippen molar-refractivity contribution in [2.75, 3.05) is 10.6 Å². The lowest BCUT2D eigenvalue weighted by Gasteiger charge is -2.12. The fourth-order valence-electron chi connectivity index (χ4n) is 2.31. The van der Waals surface area contributed by atoms with Crippen LogP contribution in [0.25, 0.3) is 0 Å². The highest BCUT2D eigenvalue weighted by Crippen LogP contribution is 2.35. The van der Waals surface area contributed by atoms with Crippen molar-refractivity contribution in [3.63, 3.8) is 0 Å². The van der Waals surface area contributed by atoms with Crippen molar-refractivity contribution in [2.24, 2.45) is 0 Å². The van der Waals surface area contributed by atoms with E-state index < -0.39 is 16.4 Å². The van der Waals surface area contributed by atoms with Gasteiger partial charge >= 0.3 is 5.69 Å². The molecule has 0 bridgehead atoms. The summed E-state index contributed by atoms with van der Waals surface area (Å²) in [5, 5.41) is 17.6. The maximum Gasteiger partial charge on any atom is 0.353 e. The molecule has 0 radical (unpaired) electrons. The van der Waals surface area contributed by atoms with E-state index in [0.29, 0.717) is 15.2 Å². The Bertz CT molecular complexity index is 1030. The first-order chi connectivity index (χ1) is 12.8. The van der Waals surface area contributed by atoms with Crippen molar-refractivity contribution in [3.05, 3.63) is 73.7 Å². The molecular weight excluding hydrogens is 441 g/mol. The zero-order valence-electron chi connectivity index (χ0n) is 13.8. The van der Waals surface area contributed by atoms with Gasteiger partial charge in [0.15, 0.2) is 0 Å². The fraction of sp³-hybridized carbons (Fsp3) is 0.0588. The van der Waals surface area contributed by atoms with Gasteiger partial charge in [-0.15, -0.1) is 0 Å². The lowest BCUT2D eigenvalue weighted by molar-refractivity contribution is -0.383. The van der Waals surface area contributed by atoms with Crippen LogP contribution in [0.15, 0.2) is 47.2 Å². The van der Waals surface area contributed by atoms with Gasteiger partial charge in [0.1, 0.15) is 12.1 Å². The van der Waals surface area contributed by atoms with E-state index in [9.17, 15) is 14.5 Å². The number of nitro groups is 1. The van der Waals surface area contributed by atoms with Gasteiger partial charge in [-0.1, -0.05) is 33.6 Å². The second kappa shape index (κ2) is 7.85. The van der Waals surface area contributed by atoms with Crippen molar-refractivity contribution in [3.8, 4) is 0 Å². The third kappa shape index (κ3) is 4.32. The van der Waals surface area contributed by atoms with E-state index in [-0.39, 0.29) is 17.3 Å². The largest absolute Gasteiger partial charge is 0.353 e. The first-order valence-corrected chi connectivity index (χ1v) is 8.77. The average molecular weight is 453 g/mol. The summed E-state index contributed by atoms with van der Waals surface area (Å²) in [5.74, 6) is -0.767. The molecule has 0 saturated carbocycles. The second-order valence-electron chi connectivity index (χ2n) is 5.51. The molecule has 138 valence electrons.